The first-order valence-corrected chi connectivity index (χ1v) is 5.67. The first kappa shape index (κ1) is 12.0. The predicted octanol–water partition coefficient (Wildman–Crippen LogP) is 1.46. The van der Waals surface area contributed by atoms with Gasteiger partial charge in [0.1, 0.15) is 5.76 Å². The molecule has 0 unspecified atom stereocenters. The molecule has 102 valence electrons. The average molecular weight is 273 g/mol. The molecule has 1 aromatic heterocycles. The number of anilines is 1. The molecule has 9 heteroatoms. The Labute approximate surface area is 113 Å². The number of hydrogen-bond acceptors (Lipinski definition) is 8. The molecule has 0 spiro atoms. The maximum Gasteiger partial charge on any atom is 0.222 e. The van der Waals surface area contributed by atoms with Crippen LogP contribution < -0.4 is 10.5 Å². The van der Waals surface area contributed by atoms with E-state index in [4.69, 9.17) is 4.52 Å². The zero-order chi connectivity index (χ0) is 14.1. The summed E-state index contributed by atoms with van der Waals surface area (Å²) in [5.74, 6) is 1.63. The van der Waals surface area contributed by atoms with Crippen molar-refractivity contribution in [3.8, 4) is 0 Å². The summed E-state index contributed by atoms with van der Waals surface area (Å²) in [6, 6.07) is 1.72. The molecule has 0 radical (unpaired) electrons. The Morgan fingerprint density at radius 1 is 1.25 bits per heavy atom. The van der Waals surface area contributed by atoms with Crippen molar-refractivity contribution in [2.45, 2.75) is 6.92 Å². The van der Waals surface area contributed by atoms with Crippen molar-refractivity contribution in [3.63, 3.8) is 0 Å². The van der Waals surface area contributed by atoms with Crippen LogP contribution in [0, 0.1) is 17.3 Å². The van der Waals surface area contributed by atoms with Crippen LogP contribution >= 0.6 is 0 Å². The standard InChI is InChI=1S/C11H9N6O3/c1-7-6-10(13-20-7)16-11(12-14-15-16)8-2-4-9(5-3-8)17(18)19/h2-6H,1H3,(H-,12,15,18,19)/q-1. The van der Waals surface area contributed by atoms with E-state index in [0.717, 1.165) is 0 Å². The topological polar surface area (TPSA) is 115 Å². The number of hydrazine groups is 1. The van der Waals surface area contributed by atoms with E-state index in [0.29, 0.717) is 23.0 Å². The van der Waals surface area contributed by atoms with E-state index < -0.39 is 4.90 Å². The summed E-state index contributed by atoms with van der Waals surface area (Å²) in [5, 5.41) is 34.3. The SMILES string of the molecule is Cc1cc(N2NN=NC2=C2C=CC(=[N+]([O-])[O-])C=C2)no1. The molecule has 1 N–H and O–H groups in total. The second kappa shape index (κ2) is 4.53. The lowest BCUT2D eigenvalue weighted by Gasteiger charge is -2.15. The number of hydrogen-bond donors (Lipinski definition) is 1. The Morgan fingerprint density at radius 2 is 2.00 bits per heavy atom. The van der Waals surface area contributed by atoms with Crippen LogP contribution in [0.1, 0.15) is 5.76 Å². The molecule has 0 saturated heterocycles. The molecule has 0 fully saturated rings. The van der Waals surface area contributed by atoms with Gasteiger partial charge in [-0.05, 0) is 19.1 Å². The Bertz CT molecular complexity index is 675. The zero-order valence-electron chi connectivity index (χ0n) is 10.3. The third kappa shape index (κ3) is 2.00. The highest BCUT2D eigenvalue weighted by atomic mass is 16.8. The Morgan fingerprint density at radius 3 is 2.60 bits per heavy atom. The van der Waals surface area contributed by atoms with Gasteiger partial charge in [0.05, 0.1) is 0 Å². The van der Waals surface area contributed by atoms with Gasteiger partial charge in [-0.2, -0.15) is 15.4 Å². The van der Waals surface area contributed by atoms with Gasteiger partial charge in [0.25, 0.3) is 0 Å². The van der Waals surface area contributed by atoms with Crippen LogP contribution in [0.2, 0.25) is 0 Å². The summed E-state index contributed by atoms with van der Waals surface area (Å²) in [6.07, 6.45) is 6.00. The molecule has 1 aliphatic carbocycles. The van der Waals surface area contributed by atoms with Gasteiger partial charge in [-0.3, -0.25) is 0 Å². The van der Waals surface area contributed by atoms with Crippen LogP contribution in [-0.4, -0.2) is 15.8 Å². The maximum absolute atomic E-state index is 10.6. The van der Waals surface area contributed by atoms with Crippen LogP contribution in [0.5, 0.6) is 0 Å². The highest BCUT2D eigenvalue weighted by molar-refractivity contribution is 6.02. The fraction of sp³-hybridized carbons (Fsp3) is 0.0909. The van der Waals surface area contributed by atoms with Gasteiger partial charge in [-0.15, -0.1) is 5.11 Å². The van der Waals surface area contributed by atoms with E-state index in [1.807, 2.05) is 0 Å². The summed E-state index contributed by atoms with van der Waals surface area (Å²) >= 11 is 0. The molecule has 2 aliphatic rings. The largest absolute Gasteiger partial charge is 0.612 e. The van der Waals surface area contributed by atoms with Gasteiger partial charge in [0, 0.05) is 23.8 Å². The molecule has 0 atom stereocenters. The number of nitrogens with zero attached hydrogens (tertiary/aromatic N) is 5. The number of aromatic nitrogens is 1. The van der Waals surface area contributed by atoms with Crippen molar-refractivity contribution in [2.24, 2.45) is 10.3 Å². The Kier molecular flexibility index (Phi) is 2.71. The second-order valence-corrected chi connectivity index (χ2v) is 4.06. The fourth-order valence-electron chi connectivity index (χ4n) is 1.74. The fourth-order valence-corrected chi connectivity index (χ4v) is 1.74. The minimum absolute atomic E-state index is 0.0149. The third-order valence-corrected chi connectivity index (χ3v) is 2.68. The van der Waals surface area contributed by atoms with Crippen LogP contribution in [-0.2, 0) is 0 Å². The summed E-state index contributed by atoms with van der Waals surface area (Å²) in [4.78, 5) is -0.457. The molecule has 0 amide bonds. The van der Waals surface area contributed by atoms with E-state index in [-0.39, 0.29) is 5.71 Å². The maximum atomic E-state index is 10.6. The van der Waals surface area contributed by atoms with Crippen LogP contribution in [0.25, 0.3) is 0 Å². The quantitative estimate of drug-likeness (QED) is 0.611. The second-order valence-electron chi connectivity index (χ2n) is 4.06. The van der Waals surface area contributed by atoms with E-state index in [1.54, 1.807) is 25.1 Å². The van der Waals surface area contributed by atoms with Gasteiger partial charge in [-0.1, -0.05) is 10.4 Å². The van der Waals surface area contributed by atoms with Crippen molar-refractivity contribution in [2.75, 3.05) is 5.01 Å². The highest BCUT2D eigenvalue weighted by Gasteiger charge is 2.23. The van der Waals surface area contributed by atoms with Gasteiger partial charge in [-0.25, -0.2) is 0 Å². The summed E-state index contributed by atoms with van der Waals surface area (Å²) in [6.45, 7) is 1.77. The van der Waals surface area contributed by atoms with Crippen molar-refractivity contribution >= 4 is 11.5 Å². The smallest absolute Gasteiger partial charge is 0.222 e. The van der Waals surface area contributed by atoms with Crippen molar-refractivity contribution in [1.82, 2.24) is 10.7 Å². The van der Waals surface area contributed by atoms with E-state index in [9.17, 15) is 10.4 Å². The molecule has 9 nitrogen and oxygen atoms in total. The van der Waals surface area contributed by atoms with Crippen LogP contribution in [0.4, 0.5) is 5.82 Å². The van der Waals surface area contributed by atoms with E-state index in [1.165, 1.54) is 17.2 Å². The van der Waals surface area contributed by atoms with E-state index in [2.05, 4.69) is 21.0 Å². The van der Waals surface area contributed by atoms with Gasteiger partial charge >= 0.3 is 0 Å². The molecule has 20 heavy (non-hydrogen) atoms. The van der Waals surface area contributed by atoms with Gasteiger partial charge in [0.15, 0.2) is 11.6 Å². The normalized spacial score (nSPS) is 17.1. The zero-order valence-corrected chi connectivity index (χ0v) is 10.3. The lowest BCUT2D eigenvalue weighted by atomic mass is 10.1. The van der Waals surface area contributed by atoms with Gasteiger partial charge < -0.3 is 14.9 Å². The van der Waals surface area contributed by atoms with Crippen LogP contribution in [0.15, 0.2) is 56.6 Å². The minimum Gasteiger partial charge on any atom is -0.612 e. The number of aryl methyl sites for hydroxylation is 1. The minimum atomic E-state index is -0.457. The molecule has 2 heterocycles. The highest BCUT2D eigenvalue weighted by Crippen LogP contribution is 2.25. The number of nitrogens with one attached hydrogen (secondary N) is 1. The van der Waals surface area contributed by atoms with Gasteiger partial charge in [0.2, 0.25) is 5.71 Å². The molecule has 0 bridgehead atoms. The summed E-state index contributed by atoms with van der Waals surface area (Å²) in [5.41, 5.74) is 3.36. The number of rotatable bonds is 1. The van der Waals surface area contributed by atoms with Crippen molar-refractivity contribution in [1.29, 1.82) is 0 Å². The van der Waals surface area contributed by atoms with Crippen LogP contribution in [0.3, 0.4) is 0 Å². The average Bonchev–Trinajstić information content (AvgIpc) is 3.07. The Balaban J connectivity index is 1.95. The first-order chi connectivity index (χ1) is 9.65. The molecule has 0 saturated carbocycles. The summed E-state index contributed by atoms with van der Waals surface area (Å²) < 4.78 is 4.99. The number of allylic oxidation sites excluding steroid dienone is 5. The lowest BCUT2D eigenvalue weighted by molar-refractivity contribution is -0.377. The molecular formula is C11H9N6O3-. The molecule has 1 aromatic rings. The van der Waals surface area contributed by atoms with Crippen molar-refractivity contribution < 1.29 is 9.43 Å². The summed E-state index contributed by atoms with van der Waals surface area (Å²) in [7, 11) is 0. The third-order valence-electron chi connectivity index (χ3n) is 2.68. The molecule has 0 aromatic carbocycles. The first-order valence-electron chi connectivity index (χ1n) is 5.67. The van der Waals surface area contributed by atoms with Crippen molar-refractivity contribution in [3.05, 3.63) is 57.9 Å². The monoisotopic (exact) mass is 273 g/mol. The molecular weight excluding hydrogens is 264 g/mol. The Hall–Kier alpha value is -3.10. The molecule has 3 rings (SSSR count). The predicted molar refractivity (Wildman–Crippen MR) is 69.0 cm³/mol. The van der Waals surface area contributed by atoms with E-state index >= 15 is 0 Å². The lowest BCUT2D eigenvalue weighted by Crippen LogP contribution is -2.29. The molecule has 1 aliphatic heterocycles.